The normalized spacial score (nSPS) is 17.6. The van der Waals surface area contributed by atoms with Crippen molar-refractivity contribution in [2.45, 2.75) is 44.4 Å². The van der Waals surface area contributed by atoms with Crippen molar-refractivity contribution in [3.8, 4) is 0 Å². The Kier molecular flexibility index (Phi) is 4.61. The van der Waals surface area contributed by atoms with Crippen LogP contribution >= 0.6 is 15.9 Å². The number of anilines is 1. The Morgan fingerprint density at radius 2 is 2.16 bits per heavy atom. The summed E-state index contributed by atoms with van der Waals surface area (Å²) in [6, 6.07) is 3.35. The van der Waals surface area contributed by atoms with E-state index in [0.29, 0.717) is 30.0 Å². The SMILES string of the molecule is CCC(C)CC(Br)c1cc2c(cc1F)NC(=O)CC2. The molecule has 0 radical (unpaired) electrons. The van der Waals surface area contributed by atoms with Gasteiger partial charge in [-0.05, 0) is 36.5 Å². The highest BCUT2D eigenvalue weighted by atomic mass is 79.9. The first kappa shape index (κ1) is 14.5. The average molecular weight is 328 g/mol. The number of hydrogen-bond donors (Lipinski definition) is 1. The van der Waals surface area contributed by atoms with Crippen LogP contribution in [0.5, 0.6) is 0 Å². The van der Waals surface area contributed by atoms with Gasteiger partial charge in [-0.2, -0.15) is 0 Å². The second kappa shape index (κ2) is 6.04. The van der Waals surface area contributed by atoms with Crippen LogP contribution in [-0.4, -0.2) is 5.91 Å². The second-order valence-corrected chi connectivity index (χ2v) is 6.40. The van der Waals surface area contributed by atoms with Crippen molar-refractivity contribution in [2.75, 3.05) is 5.32 Å². The molecule has 0 saturated heterocycles. The number of carbonyl (C=O) groups excluding carboxylic acids is 1. The van der Waals surface area contributed by atoms with Gasteiger partial charge in [0.2, 0.25) is 5.91 Å². The molecule has 1 aliphatic rings. The molecular formula is C15H19BrFNO. The minimum absolute atomic E-state index is 0.0327. The molecule has 0 aliphatic carbocycles. The van der Waals surface area contributed by atoms with E-state index in [-0.39, 0.29) is 16.6 Å². The molecule has 1 amide bonds. The van der Waals surface area contributed by atoms with Gasteiger partial charge in [-0.1, -0.05) is 36.2 Å². The molecule has 4 heteroatoms. The van der Waals surface area contributed by atoms with Crippen LogP contribution in [0.25, 0.3) is 0 Å². The van der Waals surface area contributed by atoms with Gasteiger partial charge in [0.05, 0.1) is 0 Å². The molecule has 1 aromatic rings. The third-order valence-corrected chi connectivity index (χ3v) is 4.63. The van der Waals surface area contributed by atoms with E-state index < -0.39 is 0 Å². The first-order valence-corrected chi connectivity index (χ1v) is 7.69. The fourth-order valence-electron chi connectivity index (χ4n) is 2.31. The van der Waals surface area contributed by atoms with E-state index in [9.17, 15) is 9.18 Å². The summed E-state index contributed by atoms with van der Waals surface area (Å²) >= 11 is 3.59. The summed E-state index contributed by atoms with van der Waals surface area (Å²) in [5.74, 6) is 0.278. The quantitative estimate of drug-likeness (QED) is 0.805. The van der Waals surface area contributed by atoms with Gasteiger partial charge in [0.1, 0.15) is 5.82 Å². The molecule has 2 unspecified atom stereocenters. The van der Waals surface area contributed by atoms with Crippen molar-refractivity contribution in [3.05, 3.63) is 29.1 Å². The van der Waals surface area contributed by atoms with Crippen molar-refractivity contribution in [1.29, 1.82) is 0 Å². The van der Waals surface area contributed by atoms with Gasteiger partial charge in [0, 0.05) is 22.5 Å². The van der Waals surface area contributed by atoms with Crippen LogP contribution in [0.4, 0.5) is 10.1 Å². The maximum absolute atomic E-state index is 14.1. The van der Waals surface area contributed by atoms with Crippen molar-refractivity contribution >= 4 is 27.5 Å². The molecule has 1 aliphatic heterocycles. The molecule has 1 heterocycles. The summed E-state index contributed by atoms with van der Waals surface area (Å²) in [6.45, 7) is 4.31. The van der Waals surface area contributed by atoms with Gasteiger partial charge in [0.25, 0.3) is 0 Å². The maximum Gasteiger partial charge on any atom is 0.224 e. The van der Waals surface area contributed by atoms with Gasteiger partial charge in [-0.3, -0.25) is 4.79 Å². The van der Waals surface area contributed by atoms with E-state index in [1.165, 1.54) is 6.07 Å². The largest absolute Gasteiger partial charge is 0.326 e. The maximum atomic E-state index is 14.1. The molecule has 0 fully saturated rings. The van der Waals surface area contributed by atoms with Crippen LogP contribution in [0.2, 0.25) is 0 Å². The van der Waals surface area contributed by atoms with Gasteiger partial charge >= 0.3 is 0 Å². The van der Waals surface area contributed by atoms with Gasteiger partial charge in [-0.25, -0.2) is 4.39 Å². The molecule has 2 atom stereocenters. The molecule has 0 bridgehead atoms. The number of nitrogens with one attached hydrogen (secondary N) is 1. The average Bonchev–Trinajstić information content (AvgIpc) is 2.37. The molecular weight excluding hydrogens is 309 g/mol. The second-order valence-electron chi connectivity index (χ2n) is 5.30. The number of carbonyl (C=O) groups is 1. The van der Waals surface area contributed by atoms with Crippen LogP contribution in [0, 0.1) is 11.7 Å². The highest BCUT2D eigenvalue weighted by Crippen LogP contribution is 2.36. The third-order valence-electron chi connectivity index (χ3n) is 3.76. The lowest BCUT2D eigenvalue weighted by molar-refractivity contribution is -0.116. The molecule has 2 rings (SSSR count). The number of rotatable bonds is 4. The number of aryl methyl sites for hydroxylation is 1. The summed E-state index contributed by atoms with van der Waals surface area (Å²) in [5.41, 5.74) is 2.36. The zero-order chi connectivity index (χ0) is 14.0. The lowest BCUT2D eigenvalue weighted by atomic mass is 9.94. The number of alkyl halides is 1. The summed E-state index contributed by atoms with van der Waals surface area (Å²) < 4.78 is 14.1. The zero-order valence-corrected chi connectivity index (χ0v) is 12.9. The first-order valence-electron chi connectivity index (χ1n) is 6.77. The minimum Gasteiger partial charge on any atom is -0.326 e. The van der Waals surface area contributed by atoms with Crippen molar-refractivity contribution in [2.24, 2.45) is 5.92 Å². The van der Waals surface area contributed by atoms with Gasteiger partial charge < -0.3 is 5.32 Å². The first-order chi connectivity index (χ1) is 9.01. The number of fused-ring (bicyclic) bond motifs is 1. The number of amides is 1. The van der Waals surface area contributed by atoms with Crippen LogP contribution in [0.3, 0.4) is 0 Å². The molecule has 0 aromatic heterocycles. The van der Waals surface area contributed by atoms with Gasteiger partial charge in [0.15, 0.2) is 0 Å². The molecule has 104 valence electrons. The van der Waals surface area contributed by atoms with Crippen LogP contribution in [-0.2, 0) is 11.2 Å². The Hall–Kier alpha value is -0.900. The lowest BCUT2D eigenvalue weighted by Crippen LogP contribution is -2.19. The van der Waals surface area contributed by atoms with E-state index in [2.05, 4.69) is 35.1 Å². The van der Waals surface area contributed by atoms with Crippen LogP contribution < -0.4 is 5.32 Å². The van der Waals surface area contributed by atoms with Crippen molar-refractivity contribution in [1.82, 2.24) is 0 Å². The van der Waals surface area contributed by atoms with Crippen LogP contribution in [0.15, 0.2) is 12.1 Å². The van der Waals surface area contributed by atoms with E-state index in [4.69, 9.17) is 0 Å². The molecule has 0 saturated carbocycles. The summed E-state index contributed by atoms with van der Waals surface area (Å²) in [4.78, 5) is 11.3. The highest BCUT2D eigenvalue weighted by molar-refractivity contribution is 9.09. The minimum atomic E-state index is -0.244. The predicted molar refractivity (Wildman–Crippen MR) is 79.1 cm³/mol. The Morgan fingerprint density at radius 1 is 1.42 bits per heavy atom. The summed E-state index contributed by atoms with van der Waals surface area (Å²) in [5, 5.41) is 2.72. The smallest absolute Gasteiger partial charge is 0.224 e. The van der Waals surface area contributed by atoms with Crippen molar-refractivity contribution in [3.63, 3.8) is 0 Å². The zero-order valence-electron chi connectivity index (χ0n) is 11.3. The highest BCUT2D eigenvalue weighted by Gasteiger charge is 2.21. The Bertz CT molecular complexity index is 489. The predicted octanol–water partition coefficient (Wildman–Crippen LogP) is 4.58. The topological polar surface area (TPSA) is 29.1 Å². The Balaban J connectivity index is 2.24. The van der Waals surface area contributed by atoms with E-state index in [0.717, 1.165) is 18.4 Å². The fourth-order valence-corrected chi connectivity index (χ4v) is 3.30. The van der Waals surface area contributed by atoms with Crippen LogP contribution in [0.1, 0.15) is 49.1 Å². The molecule has 1 N–H and O–H groups in total. The molecule has 2 nitrogen and oxygen atoms in total. The van der Waals surface area contributed by atoms with Gasteiger partial charge in [-0.15, -0.1) is 0 Å². The Labute approximate surface area is 121 Å². The Morgan fingerprint density at radius 3 is 2.84 bits per heavy atom. The third kappa shape index (κ3) is 3.35. The molecule has 19 heavy (non-hydrogen) atoms. The summed E-state index contributed by atoms with van der Waals surface area (Å²) in [6.07, 6.45) is 3.18. The number of halogens is 2. The van der Waals surface area contributed by atoms with E-state index >= 15 is 0 Å². The standard InChI is InChI=1S/C15H19BrFNO/c1-3-9(2)6-12(16)11-7-10-4-5-15(19)18-14(10)8-13(11)17/h7-9,12H,3-6H2,1-2H3,(H,18,19). The fraction of sp³-hybridized carbons (Fsp3) is 0.533. The number of benzene rings is 1. The number of hydrogen-bond acceptors (Lipinski definition) is 1. The van der Waals surface area contributed by atoms with Crippen molar-refractivity contribution < 1.29 is 9.18 Å². The van der Waals surface area contributed by atoms with E-state index in [1.54, 1.807) is 0 Å². The lowest BCUT2D eigenvalue weighted by Gasteiger charge is -2.21. The molecule has 0 spiro atoms. The van der Waals surface area contributed by atoms with E-state index in [1.807, 2.05) is 6.07 Å². The monoisotopic (exact) mass is 327 g/mol. The summed E-state index contributed by atoms with van der Waals surface area (Å²) in [7, 11) is 0. The molecule has 1 aromatic carbocycles.